The molecule has 24 heavy (non-hydrogen) atoms. The summed E-state index contributed by atoms with van der Waals surface area (Å²) in [6.45, 7) is 0. The molecule has 0 amide bonds. The molecular weight excluding hydrogens is 336 g/mol. The monoisotopic (exact) mass is 350 g/mol. The van der Waals surface area contributed by atoms with Crippen LogP contribution in [0.3, 0.4) is 0 Å². The second-order valence-corrected chi connectivity index (χ2v) is 6.77. The van der Waals surface area contributed by atoms with Crippen LogP contribution in [0.5, 0.6) is 0 Å². The van der Waals surface area contributed by atoms with Crippen molar-refractivity contribution in [1.29, 1.82) is 5.26 Å². The summed E-state index contributed by atoms with van der Waals surface area (Å²) in [6, 6.07) is 23.8. The van der Waals surface area contributed by atoms with Crippen LogP contribution in [-0.4, -0.2) is 10.7 Å². The second-order valence-electron chi connectivity index (χ2n) is 5.25. The van der Waals surface area contributed by atoms with Crippen molar-refractivity contribution >= 4 is 23.4 Å². The first-order valence-electron chi connectivity index (χ1n) is 7.60. The molecule has 0 spiro atoms. The van der Waals surface area contributed by atoms with Crippen LogP contribution < -0.4 is 0 Å². The lowest BCUT2D eigenvalue weighted by atomic mass is 10.1. The number of benzene rings is 2. The van der Waals surface area contributed by atoms with E-state index in [1.165, 1.54) is 5.56 Å². The summed E-state index contributed by atoms with van der Waals surface area (Å²) in [4.78, 5) is 4.67. The Labute approximate surface area is 151 Å². The van der Waals surface area contributed by atoms with Crippen LogP contribution in [-0.2, 0) is 6.42 Å². The summed E-state index contributed by atoms with van der Waals surface area (Å²) in [5.41, 5.74) is 3.75. The van der Waals surface area contributed by atoms with Crippen molar-refractivity contribution in [2.75, 3.05) is 5.75 Å². The van der Waals surface area contributed by atoms with Crippen molar-refractivity contribution in [2.24, 2.45) is 0 Å². The molecule has 118 valence electrons. The van der Waals surface area contributed by atoms with E-state index in [2.05, 4.69) is 23.2 Å². The smallest absolute Gasteiger partial charge is 0.115 e. The van der Waals surface area contributed by atoms with E-state index < -0.39 is 0 Å². The maximum atomic E-state index is 9.31. The van der Waals surface area contributed by atoms with E-state index in [1.54, 1.807) is 11.8 Å². The molecule has 1 heterocycles. The number of halogens is 1. The van der Waals surface area contributed by atoms with Gasteiger partial charge < -0.3 is 0 Å². The predicted octanol–water partition coefficient (Wildman–Crippen LogP) is 5.61. The molecule has 0 saturated carbocycles. The van der Waals surface area contributed by atoms with E-state index in [4.69, 9.17) is 11.6 Å². The van der Waals surface area contributed by atoms with Gasteiger partial charge in [0.05, 0.1) is 11.3 Å². The fourth-order valence-corrected chi connectivity index (χ4v) is 3.42. The van der Waals surface area contributed by atoms with Crippen LogP contribution in [0.1, 0.15) is 11.1 Å². The first-order valence-corrected chi connectivity index (χ1v) is 8.96. The molecule has 0 fully saturated rings. The van der Waals surface area contributed by atoms with Crippen LogP contribution >= 0.6 is 23.4 Å². The summed E-state index contributed by atoms with van der Waals surface area (Å²) < 4.78 is 0. The van der Waals surface area contributed by atoms with Gasteiger partial charge in [-0.3, -0.25) is 0 Å². The molecule has 0 atom stereocenters. The third-order valence-corrected chi connectivity index (χ3v) is 4.84. The number of aryl methyl sites for hydroxylation is 1. The highest BCUT2D eigenvalue weighted by Gasteiger charge is 2.08. The van der Waals surface area contributed by atoms with E-state index in [1.807, 2.05) is 54.6 Å². The van der Waals surface area contributed by atoms with Gasteiger partial charge in [0.1, 0.15) is 11.1 Å². The second kappa shape index (κ2) is 8.01. The Morgan fingerprint density at radius 3 is 2.42 bits per heavy atom. The molecule has 0 unspecified atom stereocenters. The number of hydrogen-bond acceptors (Lipinski definition) is 3. The maximum Gasteiger partial charge on any atom is 0.115 e. The van der Waals surface area contributed by atoms with Crippen molar-refractivity contribution in [2.45, 2.75) is 11.4 Å². The van der Waals surface area contributed by atoms with Gasteiger partial charge in [0, 0.05) is 16.3 Å². The number of rotatable bonds is 5. The van der Waals surface area contributed by atoms with Crippen molar-refractivity contribution in [3.63, 3.8) is 0 Å². The average Bonchev–Trinajstić information content (AvgIpc) is 2.63. The van der Waals surface area contributed by atoms with Crippen LogP contribution in [0.25, 0.3) is 11.3 Å². The quantitative estimate of drug-likeness (QED) is 0.561. The fraction of sp³-hybridized carbons (Fsp3) is 0.100. The highest BCUT2D eigenvalue weighted by molar-refractivity contribution is 7.99. The molecular formula is C20H15ClN2S. The molecule has 0 N–H and O–H groups in total. The minimum atomic E-state index is 0.616. The number of pyridine rings is 1. The van der Waals surface area contributed by atoms with Gasteiger partial charge in [-0.15, -0.1) is 11.8 Å². The van der Waals surface area contributed by atoms with E-state index in [-0.39, 0.29) is 0 Å². The van der Waals surface area contributed by atoms with Gasteiger partial charge in [-0.05, 0) is 36.2 Å². The Hall–Kier alpha value is -2.28. The Kier molecular flexibility index (Phi) is 5.53. The summed E-state index contributed by atoms with van der Waals surface area (Å²) in [5, 5.41) is 10.8. The van der Waals surface area contributed by atoms with Gasteiger partial charge >= 0.3 is 0 Å². The molecule has 1 aromatic heterocycles. The fourth-order valence-electron chi connectivity index (χ4n) is 2.33. The standard InChI is InChI=1S/C20H15ClN2S/c21-18-9-6-16(7-10-18)19-11-8-17(14-22)20(23-19)24-13-12-15-4-2-1-3-5-15/h1-11H,12-13H2. The highest BCUT2D eigenvalue weighted by atomic mass is 35.5. The van der Waals surface area contributed by atoms with Gasteiger partial charge in [0.2, 0.25) is 0 Å². The lowest BCUT2D eigenvalue weighted by Gasteiger charge is -2.07. The van der Waals surface area contributed by atoms with E-state index in [0.29, 0.717) is 10.6 Å². The number of hydrogen-bond donors (Lipinski definition) is 0. The molecule has 4 heteroatoms. The van der Waals surface area contributed by atoms with Crippen molar-refractivity contribution in [3.8, 4) is 17.3 Å². The lowest BCUT2D eigenvalue weighted by Crippen LogP contribution is -1.94. The molecule has 0 aliphatic rings. The molecule has 0 saturated heterocycles. The van der Waals surface area contributed by atoms with Gasteiger partial charge in [-0.1, -0.05) is 54.1 Å². The molecule has 0 aliphatic carbocycles. The zero-order valence-corrected chi connectivity index (χ0v) is 14.5. The van der Waals surface area contributed by atoms with Crippen molar-refractivity contribution in [3.05, 3.63) is 82.9 Å². The largest absolute Gasteiger partial charge is 0.240 e. The number of nitriles is 1. The van der Waals surface area contributed by atoms with Crippen LogP contribution in [0, 0.1) is 11.3 Å². The summed E-state index contributed by atoms with van der Waals surface area (Å²) in [6.07, 6.45) is 0.948. The molecule has 0 aliphatic heterocycles. The predicted molar refractivity (Wildman–Crippen MR) is 100 cm³/mol. The van der Waals surface area contributed by atoms with Gasteiger partial charge in [0.25, 0.3) is 0 Å². The molecule has 3 rings (SSSR count). The Morgan fingerprint density at radius 1 is 0.958 bits per heavy atom. The molecule has 0 radical (unpaired) electrons. The third-order valence-electron chi connectivity index (χ3n) is 3.59. The molecule has 2 aromatic carbocycles. The van der Waals surface area contributed by atoms with Gasteiger partial charge in [-0.2, -0.15) is 5.26 Å². The summed E-state index contributed by atoms with van der Waals surface area (Å²) in [7, 11) is 0. The van der Waals surface area contributed by atoms with Crippen molar-refractivity contribution in [1.82, 2.24) is 4.98 Å². The summed E-state index contributed by atoms with van der Waals surface area (Å²) >= 11 is 7.56. The molecule has 0 bridgehead atoms. The minimum Gasteiger partial charge on any atom is -0.240 e. The van der Waals surface area contributed by atoms with Gasteiger partial charge in [-0.25, -0.2) is 4.98 Å². The maximum absolute atomic E-state index is 9.31. The lowest BCUT2D eigenvalue weighted by molar-refractivity contribution is 1.10. The van der Waals surface area contributed by atoms with Crippen LogP contribution in [0.4, 0.5) is 0 Å². The van der Waals surface area contributed by atoms with Crippen molar-refractivity contribution < 1.29 is 0 Å². The van der Waals surface area contributed by atoms with Crippen LogP contribution in [0.2, 0.25) is 5.02 Å². The van der Waals surface area contributed by atoms with E-state index in [9.17, 15) is 5.26 Å². The SMILES string of the molecule is N#Cc1ccc(-c2ccc(Cl)cc2)nc1SCCc1ccccc1. The first-order chi connectivity index (χ1) is 11.8. The number of aromatic nitrogens is 1. The molecule has 3 aromatic rings. The Morgan fingerprint density at radius 2 is 1.71 bits per heavy atom. The first kappa shape index (κ1) is 16.6. The summed E-state index contributed by atoms with van der Waals surface area (Å²) in [5.74, 6) is 0.885. The normalized spacial score (nSPS) is 10.3. The highest BCUT2D eigenvalue weighted by Crippen LogP contribution is 2.26. The zero-order valence-electron chi connectivity index (χ0n) is 12.9. The van der Waals surface area contributed by atoms with Crippen LogP contribution in [0.15, 0.2) is 71.8 Å². The number of thioether (sulfide) groups is 1. The average molecular weight is 351 g/mol. The Bertz CT molecular complexity index is 855. The topological polar surface area (TPSA) is 36.7 Å². The van der Waals surface area contributed by atoms with Gasteiger partial charge in [0.15, 0.2) is 0 Å². The number of nitrogens with zero attached hydrogens (tertiary/aromatic N) is 2. The Balaban J connectivity index is 1.77. The van der Waals surface area contributed by atoms with E-state index in [0.717, 1.165) is 28.5 Å². The van der Waals surface area contributed by atoms with E-state index >= 15 is 0 Å². The third kappa shape index (κ3) is 4.17. The molecule has 2 nitrogen and oxygen atoms in total. The minimum absolute atomic E-state index is 0.616. The zero-order chi connectivity index (χ0) is 16.8.